The topological polar surface area (TPSA) is 52.6 Å². The van der Waals surface area contributed by atoms with Crippen LogP contribution in [-0.2, 0) is 4.79 Å². The predicted octanol–water partition coefficient (Wildman–Crippen LogP) is 2.33. The van der Waals surface area contributed by atoms with Crippen molar-refractivity contribution < 1.29 is 9.90 Å². The van der Waals surface area contributed by atoms with Crippen molar-refractivity contribution in [2.24, 2.45) is 0 Å². The minimum atomic E-state index is -0.439. The summed E-state index contributed by atoms with van der Waals surface area (Å²) in [6.45, 7) is 10.6. The monoisotopic (exact) mass is 278 g/mol. The molecule has 1 unspecified atom stereocenters. The van der Waals surface area contributed by atoms with Gasteiger partial charge in [-0.25, -0.2) is 0 Å². The Morgan fingerprint density at radius 3 is 2.50 bits per heavy atom. The Kier molecular flexibility index (Phi) is 6.17. The number of aryl methyl sites for hydroxylation is 1. The summed E-state index contributed by atoms with van der Waals surface area (Å²) in [7, 11) is 0. The molecular weight excluding hydrogens is 252 g/mol. The lowest BCUT2D eigenvalue weighted by molar-refractivity contribution is -0.118. The third-order valence-corrected chi connectivity index (χ3v) is 3.45. The van der Waals surface area contributed by atoms with Gasteiger partial charge in [-0.05, 0) is 51.8 Å². The lowest BCUT2D eigenvalue weighted by Gasteiger charge is -2.27. The molecule has 1 atom stereocenters. The van der Waals surface area contributed by atoms with Crippen molar-refractivity contribution in [3.05, 3.63) is 29.3 Å². The summed E-state index contributed by atoms with van der Waals surface area (Å²) >= 11 is 0. The SMILES string of the molecule is Cc1cccc(NC(=O)CN(CC(C)O)C(C)C)c1C. The molecule has 0 heterocycles. The summed E-state index contributed by atoms with van der Waals surface area (Å²) in [4.78, 5) is 14.1. The van der Waals surface area contributed by atoms with Gasteiger partial charge in [-0.2, -0.15) is 0 Å². The van der Waals surface area contributed by atoms with Crippen molar-refractivity contribution in [1.82, 2.24) is 4.90 Å². The highest BCUT2D eigenvalue weighted by Crippen LogP contribution is 2.17. The van der Waals surface area contributed by atoms with Gasteiger partial charge in [-0.1, -0.05) is 12.1 Å². The zero-order valence-corrected chi connectivity index (χ0v) is 13.1. The van der Waals surface area contributed by atoms with E-state index < -0.39 is 6.10 Å². The van der Waals surface area contributed by atoms with Crippen LogP contribution in [0.2, 0.25) is 0 Å². The maximum atomic E-state index is 12.1. The molecular formula is C16H26N2O2. The van der Waals surface area contributed by atoms with E-state index in [1.165, 1.54) is 0 Å². The van der Waals surface area contributed by atoms with Crippen molar-refractivity contribution in [2.45, 2.75) is 46.8 Å². The molecule has 0 fully saturated rings. The van der Waals surface area contributed by atoms with Crippen LogP contribution in [0.25, 0.3) is 0 Å². The molecule has 0 spiro atoms. The molecule has 1 aromatic carbocycles. The number of anilines is 1. The van der Waals surface area contributed by atoms with E-state index in [0.717, 1.165) is 16.8 Å². The minimum Gasteiger partial charge on any atom is -0.392 e. The van der Waals surface area contributed by atoms with E-state index in [-0.39, 0.29) is 18.5 Å². The summed E-state index contributed by atoms with van der Waals surface area (Å²) in [5.41, 5.74) is 3.11. The Bertz CT molecular complexity index is 456. The molecule has 4 heteroatoms. The van der Waals surface area contributed by atoms with Gasteiger partial charge in [0, 0.05) is 18.3 Å². The van der Waals surface area contributed by atoms with E-state index in [9.17, 15) is 9.90 Å². The number of hydrogen-bond donors (Lipinski definition) is 2. The van der Waals surface area contributed by atoms with E-state index in [2.05, 4.69) is 5.32 Å². The number of rotatable bonds is 6. The molecule has 0 saturated carbocycles. The quantitative estimate of drug-likeness (QED) is 0.839. The van der Waals surface area contributed by atoms with Crippen LogP contribution in [0.4, 0.5) is 5.69 Å². The molecule has 2 N–H and O–H groups in total. The number of aliphatic hydroxyl groups excluding tert-OH is 1. The number of aliphatic hydroxyl groups is 1. The Morgan fingerprint density at radius 1 is 1.30 bits per heavy atom. The first-order valence-electron chi connectivity index (χ1n) is 7.09. The number of amides is 1. The van der Waals surface area contributed by atoms with Gasteiger partial charge in [0.2, 0.25) is 5.91 Å². The van der Waals surface area contributed by atoms with Gasteiger partial charge in [-0.3, -0.25) is 9.69 Å². The first kappa shape index (κ1) is 16.7. The van der Waals surface area contributed by atoms with Crippen LogP contribution in [0, 0.1) is 13.8 Å². The molecule has 0 radical (unpaired) electrons. The summed E-state index contributed by atoms with van der Waals surface area (Å²) in [6.07, 6.45) is -0.439. The molecule has 0 aliphatic carbocycles. The van der Waals surface area contributed by atoms with E-state index in [4.69, 9.17) is 0 Å². The highest BCUT2D eigenvalue weighted by atomic mass is 16.3. The molecule has 1 amide bonds. The van der Waals surface area contributed by atoms with Crippen molar-refractivity contribution in [2.75, 3.05) is 18.4 Å². The Labute approximate surface area is 121 Å². The number of carbonyl (C=O) groups is 1. The van der Waals surface area contributed by atoms with Crippen molar-refractivity contribution in [3.8, 4) is 0 Å². The third kappa shape index (κ3) is 4.94. The smallest absolute Gasteiger partial charge is 0.238 e. The normalized spacial score (nSPS) is 12.8. The average Bonchev–Trinajstić information content (AvgIpc) is 2.33. The van der Waals surface area contributed by atoms with Crippen LogP contribution in [0.1, 0.15) is 31.9 Å². The van der Waals surface area contributed by atoms with Crippen LogP contribution in [0.3, 0.4) is 0 Å². The minimum absolute atomic E-state index is 0.0481. The molecule has 1 aromatic rings. The van der Waals surface area contributed by atoms with Crippen molar-refractivity contribution in [1.29, 1.82) is 0 Å². The molecule has 0 aromatic heterocycles. The van der Waals surface area contributed by atoms with Crippen LogP contribution in [-0.4, -0.2) is 41.1 Å². The highest BCUT2D eigenvalue weighted by molar-refractivity contribution is 5.93. The molecule has 0 bridgehead atoms. The number of carbonyl (C=O) groups excluding carboxylic acids is 1. The van der Waals surface area contributed by atoms with Gasteiger partial charge in [0.15, 0.2) is 0 Å². The highest BCUT2D eigenvalue weighted by Gasteiger charge is 2.16. The molecule has 112 valence electrons. The number of benzene rings is 1. The third-order valence-electron chi connectivity index (χ3n) is 3.45. The second-order valence-corrected chi connectivity index (χ2v) is 5.67. The van der Waals surface area contributed by atoms with Gasteiger partial charge in [0.25, 0.3) is 0 Å². The van der Waals surface area contributed by atoms with Gasteiger partial charge in [-0.15, -0.1) is 0 Å². The van der Waals surface area contributed by atoms with Crippen LogP contribution in [0.5, 0.6) is 0 Å². The summed E-state index contributed by atoms with van der Waals surface area (Å²) in [5, 5.41) is 12.4. The van der Waals surface area contributed by atoms with Crippen LogP contribution < -0.4 is 5.32 Å². The van der Waals surface area contributed by atoms with E-state index >= 15 is 0 Å². The Balaban J connectivity index is 2.68. The zero-order chi connectivity index (χ0) is 15.3. The average molecular weight is 278 g/mol. The number of nitrogens with zero attached hydrogens (tertiary/aromatic N) is 1. The van der Waals surface area contributed by atoms with Crippen LogP contribution in [0.15, 0.2) is 18.2 Å². The first-order valence-corrected chi connectivity index (χ1v) is 7.09. The molecule has 20 heavy (non-hydrogen) atoms. The zero-order valence-electron chi connectivity index (χ0n) is 13.1. The second-order valence-electron chi connectivity index (χ2n) is 5.67. The van der Waals surface area contributed by atoms with Gasteiger partial charge in [0.1, 0.15) is 0 Å². The fourth-order valence-electron chi connectivity index (χ4n) is 2.06. The maximum Gasteiger partial charge on any atom is 0.238 e. The predicted molar refractivity (Wildman–Crippen MR) is 82.9 cm³/mol. The van der Waals surface area contributed by atoms with Gasteiger partial charge in [0.05, 0.1) is 12.6 Å². The maximum absolute atomic E-state index is 12.1. The second kappa shape index (κ2) is 7.41. The van der Waals surface area contributed by atoms with E-state index in [0.29, 0.717) is 6.54 Å². The molecule has 1 rings (SSSR count). The summed E-state index contributed by atoms with van der Waals surface area (Å²) < 4.78 is 0. The fourth-order valence-corrected chi connectivity index (χ4v) is 2.06. The first-order chi connectivity index (χ1) is 9.31. The lowest BCUT2D eigenvalue weighted by Crippen LogP contribution is -2.41. The Morgan fingerprint density at radius 2 is 1.95 bits per heavy atom. The standard InChI is InChI=1S/C16H26N2O2/c1-11(2)18(9-13(4)19)10-16(20)17-15-8-6-7-12(3)14(15)5/h6-8,11,13,19H,9-10H2,1-5H3,(H,17,20). The summed E-state index contributed by atoms with van der Waals surface area (Å²) in [5.74, 6) is -0.0481. The number of hydrogen-bond acceptors (Lipinski definition) is 3. The molecule has 0 aliphatic rings. The van der Waals surface area contributed by atoms with Gasteiger partial charge < -0.3 is 10.4 Å². The summed E-state index contributed by atoms with van der Waals surface area (Å²) in [6, 6.07) is 6.09. The van der Waals surface area contributed by atoms with Crippen molar-refractivity contribution in [3.63, 3.8) is 0 Å². The number of nitrogens with one attached hydrogen (secondary N) is 1. The molecule has 0 aliphatic heterocycles. The van der Waals surface area contributed by atoms with Crippen LogP contribution >= 0.6 is 0 Å². The fraction of sp³-hybridized carbons (Fsp3) is 0.562. The van der Waals surface area contributed by atoms with E-state index in [1.54, 1.807) is 6.92 Å². The molecule has 4 nitrogen and oxygen atoms in total. The van der Waals surface area contributed by atoms with Crippen molar-refractivity contribution >= 4 is 11.6 Å². The Hall–Kier alpha value is -1.39. The lowest BCUT2D eigenvalue weighted by atomic mass is 10.1. The van der Waals surface area contributed by atoms with E-state index in [1.807, 2.05) is 50.8 Å². The largest absolute Gasteiger partial charge is 0.392 e. The molecule has 0 saturated heterocycles. The van der Waals surface area contributed by atoms with Gasteiger partial charge >= 0.3 is 0 Å².